The number of aromatic nitrogens is 3. The number of amidine groups is 1. The van der Waals surface area contributed by atoms with E-state index in [0.717, 1.165) is 6.42 Å². The lowest BCUT2D eigenvalue weighted by molar-refractivity contribution is 0.316. The first-order chi connectivity index (χ1) is 8.49. The van der Waals surface area contributed by atoms with Crippen molar-refractivity contribution in [3.05, 3.63) is 10.5 Å². The number of thioether (sulfide) groups is 1. The smallest absolute Gasteiger partial charge is 0.344 e. The number of rotatable bonds is 6. The summed E-state index contributed by atoms with van der Waals surface area (Å²) >= 11 is 1.46. The second-order valence-corrected chi connectivity index (χ2v) is 5.49. The summed E-state index contributed by atoms with van der Waals surface area (Å²) in [6.07, 6.45) is 1.29. The quantitative estimate of drug-likeness (QED) is 0.237. The molecule has 0 aliphatic carbocycles. The first-order valence-corrected chi connectivity index (χ1v) is 6.67. The molecule has 0 saturated heterocycles. The van der Waals surface area contributed by atoms with E-state index in [-0.39, 0.29) is 22.8 Å². The molecule has 0 aromatic carbocycles. The van der Waals surface area contributed by atoms with Gasteiger partial charge in [-0.2, -0.15) is 0 Å². The molecule has 1 rings (SSSR count). The van der Waals surface area contributed by atoms with Crippen LogP contribution in [0.2, 0.25) is 0 Å². The van der Waals surface area contributed by atoms with Crippen LogP contribution in [0.1, 0.15) is 39.7 Å². The van der Waals surface area contributed by atoms with Gasteiger partial charge < -0.3 is 10.9 Å². The summed E-state index contributed by atoms with van der Waals surface area (Å²) in [6, 6.07) is 0.0418. The number of H-pyrrole nitrogens is 1. The summed E-state index contributed by atoms with van der Waals surface area (Å²) in [7, 11) is 0. The van der Waals surface area contributed by atoms with Gasteiger partial charge >= 0.3 is 5.69 Å². The molecule has 0 aliphatic heterocycles. The zero-order chi connectivity index (χ0) is 13.7. The highest BCUT2D eigenvalue weighted by Crippen LogP contribution is 2.26. The van der Waals surface area contributed by atoms with Gasteiger partial charge in [0.05, 0.1) is 0 Å². The molecule has 0 aliphatic rings. The van der Waals surface area contributed by atoms with Crippen LogP contribution in [0.25, 0.3) is 0 Å². The van der Waals surface area contributed by atoms with Crippen molar-refractivity contribution in [2.45, 2.75) is 50.1 Å². The van der Waals surface area contributed by atoms with Crippen molar-refractivity contribution in [1.82, 2.24) is 14.8 Å². The average Bonchev–Trinajstić information content (AvgIpc) is 2.69. The van der Waals surface area contributed by atoms with E-state index >= 15 is 0 Å². The van der Waals surface area contributed by atoms with Crippen LogP contribution in [-0.2, 0) is 0 Å². The molecule has 102 valence electrons. The van der Waals surface area contributed by atoms with E-state index in [1.54, 1.807) is 4.57 Å². The molecule has 1 unspecified atom stereocenters. The molecule has 0 amide bonds. The summed E-state index contributed by atoms with van der Waals surface area (Å²) in [4.78, 5) is 11.6. The van der Waals surface area contributed by atoms with E-state index in [2.05, 4.69) is 15.4 Å². The predicted molar refractivity (Wildman–Crippen MR) is 71.2 cm³/mol. The molecule has 0 saturated carbocycles. The van der Waals surface area contributed by atoms with Crippen LogP contribution in [0, 0.1) is 0 Å². The maximum absolute atomic E-state index is 11.6. The van der Waals surface area contributed by atoms with Gasteiger partial charge in [0.2, 0.25) is 0 Å². The van der Waals surface area contributed by atoms with Crippen LogP contribution in [0.5, 0.6) is 0 Å². The Bertz CT molecular complexity index is 465. The summed E-state index contributed by atoms with van der Waals surface area (Å²) in [6.45, 7) is 5.85. The highest BCUT2D eigenvalue weighted by Gasteiger charge is 2.17. The Balaban J connectivity index is 2.85. The minimum atomic E-state index is -0.217. The Kier molecular flexibility index (Phi) is 5.26. The van der Waals surface area contributed by atoms with Crippen molar-refractivity contribution >= 4 is 17.6 Å². The molecule has 0 fully saturated rings. The van der Waals surface area contributed by atoms with E-state index in [9.17, 15) is 4.79 Å². The summed E-state index contributed by atoms with van der Waals surface area (Å²) in [5.74, 6) is 0.184. The summed E-state index contributed by atoms with van der Waals surface area (Å²) in [5, 5.41) is 18.7. The lowest BCUT2D eigenvalue weighted by Gasteiger charge is -2.14. The maximum Gasteiger partial charge on any atom is 0.344 e. The Labute approximate surface area is 109 Å². The Hall–Kier alpha value is -1.44. The van der Waals surface area contributed by atoms with Crippen LogP contribution in [-0.4, -0.2) is 31.1 Å². The van der Waals surface area contributed by atoms with Crippen molar-refractivity contribution in [2.24, 2.45) is 10.9 Å². The number of nitrogens with two attached hydrogens (primary N) is 1. The highest BCUT2D eigenvalue weighted by molar-refractivity contribution is 7.99. The van der Waals surface area contributed by atoms with E-state index in [1.807, 2.05) is 20.8 Å². The largest absolute Gasteiger partial charge is 0.409 e. The van der Waals surface area contributed by atoms with Crippen molar-refractivity contribution in [2.75, 3.05) is 0 Å². The van der Waals surface area contributed by atoms with Crippen LogP contribution in [0.15, 0.2) is 15.1 Å². The summed E-state index contributed by atoms with van der Waals surface area (Å²) in [5.41, 5.74) is 5.28. The number of oxime groups is 1. The molecule has 1 atom stereocenters. The van der Waals surface area contributed by atoms with Crippen molar-refractivity contribution < 1.29 is 5.21 Å². The minimum absolute atomic E-state index is 0.0418. The van der Waals surface area contributed by atoms with Crippen LogP contribution >= 0.6 is 11.8 Å². The fourth-order valence-corrected chi connectivity index (χ4v) is 2.75. The number of nitrogens with zero attached hydrogens (tertiary/aromatic N) is 3. The van der Waals surface area contributed by atoms with Gasteiger partial charge in [0.1, 0.15) is 5.84 Å². The number of aromatic amines is 1. The number of hydrogen-bond donors (Lipinski definition) is 3. The highest BCUT2D eigenvalue weighted by atomic mass is 32.2. The average molecular weight is 273 g/mol. The van der Waals surface area contributed by atoms with Gasteiger partial charge in [0.15, 0.2) is 5.16 Å². The first-order valence-electron chi connectivity index (χ1n) is 5.79. The normalized spacial score (nSPS) is 14.1. The van der Waals surface area contributed by atoms with E-state index in [0.29, 0.717) is 11.6 Å². The third kappa shape index (κ3) is 3.52. The lowest BCUT2D eigenvalue weighted by atomic mass is 10.2. The molecule has 4 N–H and O–H groups in total. The third-order valence-corrected chi connectivity index (χ3v) is 3.81. The minimum Gasteiger partial charge on any atom is -0.409 e. The maximum atomic E-state index is 11.6. The number of hydrogen-bond acceptors (Lipinski definition) is 5. The summed E-state index contributed by atoms with van der Waals surface area (Å²) < 4.78 is 1.60. The van der Waals surface area contributed by atoms with Gasteiger partial charge in [-0.15, -0.1) is 5.10 Å². The molecule has 18 heavy (non-hydrogen) atoms. The van der Waals surface area contributed by atoms with E-state index in [4.69, 9.17) is 10.9 Å². The molecule has 1 heterocycles. The molecule has 1 aromatic rings. The number of nitrogens with one attached hydrogen (secondary N) is 1. The lowest BCUT2D eigenvalue weighted by Crippen LogP contribution is -2.21. The molecule has 8 heteroatoms. The van der Waals surface area contributed by atoms with Gasteiger partial charge in [-0.3, -0.25) is 4.57 Å². The molecule has 0 radical (unpaired) electrons. The molecule has 1 aromatic heterocycles. The molecule has 0 spiro atoms. The molecular weight excluding hydrogens is 254 g/mol. The van der Waals surface area contributed by atoms with Crippen LogP contribution in [0.3, 0.4) is 0 Å². The zero-order valence-corrected chi connectivity index (χ0v) is 11.6. The van der Waals surface area contributed by atoms with Crippen molar-refractivity contribution in [3.63, 3.8) is 0 Å². The molecule has 7 nitrogen and oxygen atoms in total. The Morgan fingerprint density at radius 1 is 1.67 bits per heavy atom. The van der Waals surface area contributed by atoms with Gasteiger partial charge in [0, 0.05) is 17.7 Å². The second-order valence-electron chi connectivity index (χ2n) is 4.22. The van der Waals surface area contributed by atoms with E-state index < -0.39 is 0 Å². The standard InChI is InChI=1S/C10H19N5O2S/c1-4-7(5-8(11)14-17)18-10-13-12-9(16)15(10)6(2)3/h6-7,17H,4-5H2,1-3H3,(H2,11,14)(H,12,16). The van der Waals surface area contributed by atoms with Crippen molar-refractivity contribution in [1.29, 1.82) is 0 Å². The monoisotopic (exact) mass is 273 g/mol. The fourth-order valence-electron chi connectivity index (χ4n) is 1.52. The van der Waals surface area contributed by atoms with Gasteiger partial charge in [-0.05, 0) is 20.3 Å². The second kappa shape index (κ2) is 6.48. The van der Waals surface area contributed by atoms with Crippen LogP contribution < -0.4 is 11.4 Å². The van der Waals surface area contributed by atoms with Gasteiger partial charge in [-0.1, -0.05) is 23.8 Å². The predicted octanol–water partition coefficient (Wildman–Crippen LogP) is 1.16. The SMILES string of the molecule is CCC(CC(N)=NO)Sc1n[nH]c(=O)n1C(C)C. The van der Waals surface area contributed by atoms with Gasteiger partial charge in [0.25, 0.3) is 0 Å². The van der Waals surface area contributed by atoms with Crippen molar-refractivity contribution in [3.8, 4) is 0 Å². The fraction of sp³-hybridized carbons (Fsp3) is 0.700. The Morgan fingerprint density at radius 2 is 2.33 bits per heavy atom. The van der Waals surface area contributed by atoms with Crippen LogP contribution in [0.4, 0.5) is 0 Å². The molecular formula is C10H19N5O2S. The topological polar surface area (TPSA) is 109 Å². The van der Waals surface area contributed by atoms with Gasteiger partial charge in [-0.25, -0.2) is 9.89 Å². The first kappa shape index (κ1) is 14.6. The van der Waals surface area contributed by atoms with E-state index in [1.165, 1.54) is 11.8 Å². The third-order valence-electron chi connectivity index (χ3n) is 2.48. The zero-order valence-electron chi connectivity index (χ0n) is 10.8. The Morgan fingerprint density at radius 3 is 2.83 bits per heavy atom. The molecule has 0 bridgehead atoms.